The monoisotopic (exact) mass is 501 g/mol. The van der Waals surface area contributed by atoms with Crippen LogP contribution in [0.4, 0.5) is 0 Å². The zero-order valence-electron chi connectivity index (χ0n) is 22.1. The Morgan fingerprint density at radius 2 is 1.81 bits per heavy atom. The summed E-state index contributed by atoms with van der Waals surface area (Å²) in [7, 11) is 0. The molecule has 1 aromatic carbocycles. The quantitative estimate of drug-likeness (QED) is 0.387. The van der Waals surface area contributed by atoms with Crippen molar-refractivity contribution in [2.24, 2.45) is 5.92 Å². The zero-order valence-corrected chi connectivity index (χ0v) is 22.1. The number of carbonyl (C=O) groups excluding carboxylic acids is 1. The lowest BCUT2D eigenvalue weighted by molar-refractivity contribution is -0.138. The van der Waals surface area contributed by atoms with E-state index in [2.05, 4.69) is 16.9 Å². The Hall–Kier alpha value is -4.00. The second kappa shape index (κ2) is 11.8. The largest absolute Gasteiger partial charge is 0.481 e. The number of rotatable bonds is 10. The van der Waals surface area contributed by atoms with Crippen molar-refractivity contribution in [3.63, 3.8) is 0 Å². The van der Waals surface area contributed by atoms with Gasteiger partial charge in [0.05, 0.1) is 18.2 Å². The number of aromatic nitrogens is 2. The van der Waals surface area contributed by atoms with Crippen molar-refractivity contribution >= 4 is 18.0 Å². The molecule has 2 heterocycles. The average Bonchev–Trinajstić information content (AvgIpc) is 2.82. The molecular formula is C30H35N3O4. The van der Waals surface area contributed by atoms with Crippen molar-refractivity contribution < 1.29 is 14.7 Å². The molecule has 0 fully saturated rings. The lowest BCUT2D eigenvalue weighted by Gasteiger charge is -2.25. The van der Waals surface area contributed by atoms with E-state index in [4.69, 9.17) is 0 Å². The summed E-state index contributed by atoms with van der Waals surface area (Å²) < 4.78 is 1.42. The van der Waals surface area contributed by atoms with E-state index >= 15 is 0 Å². The molecular weight excluding hydrogens is 466 g/mol. The Bertz CT molecular complexity index is 1350. The highest BCUT2D eigenvalue weighted by Gasteiger charge is 2.27. The van der Waals surface area contributed by atoms with E-state index in [1.165, 1.54) is 10.6 Å². The van der Waals surface area contributed by atoms with Gasteiger partial charge in [-0.15, -0.1) is 0 Å². The molecule has 194 valence electrons. The fraction of sp³-hybridized carbons (Fsp3) is 0.333. The van der Waals surface area contributed by atoms with E-state index in [-0.39, 0.29) is 17.9 Å². The van der Waals surface area contributed by atoms with Gasteiger partial charge in [0.15, 0.2) is 0 Å². The summed E-state index contributed by atoms with van der Waals surface area (Å²) in [4.78, 5) is 42.6. The first-order chi connectivity index (χ1) is 17.5. The van der Waals surface area contributed by atoms with Crippen LogP contribution in [0.25, 0.3) is 17.2 Å². The predicted molar refractivity (Wildman–Crippen MR) is 146 cm³/mol. The number of aliphatic carboxylic acids is 1. The molecule has 0 spiro atoms. The Morgan fingerprint density at radius 1 is 1.14 bits per heavy atom. The number of nitrogens with zero attached hydrogens (tertiary/aromatic N) is 2. The Kier molecular flexibility index (Phi) is 8.81. The fourth-order valence-electron chi connectivity index (χ4n) is 4.62. The first kappa shape index (κ1) is 27.6. The number of carboxylic acid groups (broad SMARTS) is 1. The van der Waals surface area contributed by atoms with E-state index in [1.54, 1.807) is 24.5 Å². The molecule has 2 atom stereocenters. The summed E-state index contributed by atoms with van der Waals surface area (Å²) in [5.41, 5.74) is 5.69. The van der Waals surface area contributed by atoms with E-state index in [0.29, 0.717) is 17.7 Å². The van der Waals surface area contributed by atoms with E-state index < -0.39 is 24.0 Å². The zero-order chi connectivity index (χ0) is 27.3. The minimum atomic E-state index is -1.06. The molecule has 3 aromatic rings. The number of pyridine rings is 2. The standard InChI is InChI=1S/C30H35N3O4/c1-7-24-23(29-20(5)9-8-10-21(29)6)15-22(17-31-24)25(16-28(35)36)32-30(37)26(13-18(2)3)33-12-11-19(4)14-27(33)34/h7-12,14-15,17-18,25-26H,1,13,16H2,2-6H3,(H,32,37)(H,35,36)/t25-,26-/m1/s1. The molecule has 0 bridgehead atoms. The summed E-state index contributed by atoms with van der Waals surface area (Å²) in [5, 5.41) is 12.6. The number of carboxylic acids is 1. The molecule has 2 N–H and O–H groups in total. The van der Waals surface area contributed by atoms with Crippen LogP contribution in [-0.2, 0) is 9.59 Å². The van der Waals surface area contributed by atoms with Crippen LogP contribution in [0.15, 0.2) is 60.2 Å². The third-order valence-corrected chi connectivity index (χ3v) is 6.42. The molecule has 0 aliphatic rings. The normalized spacial score (nSPS) is 12.7. The Balaban J connectivity index is 2.06. The third-order valence-electron chi connectivity index (χ3n) is 6.42. The van der Waals surface area contributed by atoms with Crippen LogP contribution in [0.5, 0.6) is 0 Å². The van der Waals surface area contributed by atoms with E-state index in [9.17, 15) is 19.5 Å². The van der Waals surface area contributed by atoms with Crippen molar-refractivity contribution in [2.75, 3.05) is 0 Å². The second-order valence-electron chi connectivity index (χ2n) is 9.93. The first-order valence-electron chi connectivity index (χ1n) is 12.4. The molecule has 2 aromatic heterocycles. The van der Waals surface area contributed by atoms with Crippen LogP contribution in [0.3, 0.4) is 0 Å². The molecule has 0 aliphatic heterocycles. The maximum absolute atomic E-state index is 13.6. The van der Waals surface area contributed by atoms with Crippen LogP contribution in [-0.4, -0.2) is 26.5 Å². The highest BCUT2D eigenvalue weighted by molar-refractivity contribution is 5.82. The molecule has 0 saturated carbocycles. The Morgan fingerprint density at radius 3 is 2.38 bits per heavy atom. The summed E-state index contributed by atoms with van der Waals surface area (Å²) in [6, 6.07) is 9.54. The summed E-state index contributed by atoms with van der Waals surface area (Å²) in [6.45, 7) is 13.7. The molecule has 0 radical (unpaired) electrons. The molecule has 37 heavy (non-hydrogen) atoms. The average molecular weight is 502 g/mol. The van der Waals surface area contributed by atoms with Gasteiger partial charge in [-0.3, -0.25) is 19.4 Å². The molecule has 0 saturated heterocycles. The van der Waals surface area contributed by atoms with Crippen LogP contribution in [0, 0.1) is 26.7 Å². The van der Waals surface area contributed by atoms with Gasteiger partial charge in [-0.2, -0.15) is 0 Å². The second-order valence-corrected chi connectivity index (χ2v) is 9.93. The van der Waals surface area contributed by atoms with Gasteiger partial charge in [-0.25, -0.2) is 0 Å². The number of benzene rings is 1. The SMILES string of the molecule is C=Cc1ncc([C@@H](CC(=O)O)NC(=O)[C@@H](CC(C)C)n2ccc(C)cc2=O)cc1-c1c(C)cccc1C. The van der Waals surface area contributed by atoms with Crippen molar-refractivity contribution in [2.45, 2.75) is 59.5 Å². The summed E-state index contributed by atoms with van der Waals surface area (Å²) in [6.07, 6.45) is 4.96. The van der Waals surface area contributed by atoms with Crippen molar-refractivity contribution in [1.82, 2.24) is 14.9 Å². The van der Waals surface area contributed by atoms with E-state index in [0.717, 1.165) is 27.8 Å². The molecule has 7 nitrogen and oxygen atoms in total. The maximum atomic E-state index is 13.6. The van der Waals surface area contributed by atoms with Crippen molar-refractivity contribution in [1.29, 1.82) is 0 Å². The van der Waals surface area contributed by atoms with Gasteiger partial charge in [-0.1, -0.05) is 38.6 Å². The van der Waals surface area contributed by atoms with Gasteiger partial charge in [0, 0.05) is 24.0 Å². The topological polar surface area (TPSA) is 101 Å². The number of hydrogen-bond donors (Lipinski definition) is 2. The summed E-state index contributed by atoms with van der Waals surface area (Å²) >= 11 is 0. The highest BCUT2D eigenvalue weighted by Crippen LogP contribution is 2.32. The molecule has 0 unspecified atom stereocenters. The number of nitrogens with one attached hydrogen (secondary N) is 1. The van der Waals surface area contributed by atoms with Crippen LogP contribution in [0.1, 0.15) is 66.7 Å². The molecule has 0 aliphatic carbocycles. The minimum absolute atomic E-state index is 0.131. The van der Waals surface area contributed by atoms with Gasteiger partial charge >= 0.3 is 5.97 Å². The number of carbonyl (C=O) groups is 2. The van der Waals surface area contributed by atoms with Gasteiger partial charge in [0.2, 0.25) is 5.91 Å². The van der Waals surface area contributed by atoms with Crippen molar-refractivity contribution in [3.8, 4) is 11.1 Å². The van der Waals surface area contributed by atoms with Crippen molar-refractivity contribution in [3.05, 3.63) is 93.7 Å². The van der Waals surface area contributed by atoms with Gasteiger partial charge in [0.25, 0.3) is 5.56 Å². The van der Waals surface area contributed by atoms with Gasteiger partial charge in [0.1, 0.15) is 6.04 Å². The number of amides is 1. The minimum Gasteiger partial charge on any atom is -0.481 e. The van der Waals surface area contributed by atoms with Gasteiger partial charge < -0.3 is 15.0 Å². The lowest BCUT2D eigenvalue weighted by Crippen LogP contribution is -2.40. The van der Waals surface area contributed by atoms with Gasteiger partial charge in [-0.05, 0) is 79.1 Å². The highest BCUT2D eigenvalue weighted by atomic mass is 16.4. The van der Waals surface area contributed by atoms with Crippen LogP contribution < -0.4 is 10.9 Å². The van der Waals surface area contributed by atoms with Crippen LogP contribution in [0.2, 0.25) is 0 Å². The third kappa shape index (κ3) is 6.61. The summed E-state index contributed by atoms with van der Waals surface area (Å²) in [5.74, 6) is -1.34. The number of hydrogen-bond acceptors (Lipinski definition) is 4. The Labute approximate surface area is 217 Å². The number of aryl methyl sites for hydroxylation is 3. The van der Waals surface area contributed by atoms with E-state index in [1.807, 2.05) is 58.9 Å². The van der Waals surface area contributed by atoms with Crippen LogP contribution >= 0.6 is 0 Å². The molecule has 3 rings (SSSR count). The smallest absolute Gasteiger partial charge is 0.305 e. The molecule has 1 amide bonds. The molecule has 7 heteroatoms. The lowest BCUT2D eigenvalue weighted by atomic mass is 9.92. The first-order valence-corrected chi connectivity index (χ1v) is 12.4. The maximum Gasteiger partial charge on any atom is 0.305 e. The fourth-order valence-corrected chi connectivity index (χ4v) is 4.62. The predicted octanol–water partition coefficient (Wildman–Crippen LogP) is 5.40.